The number of benzene rings is 2. The first-order chi connectivity index (χ1) is 14.4. The Morgan fingerprint density at radius 1 is 1.07 bits per heavy atom. The van der Waals surface area contributed by atoms with Crippen LogP contribution in [0.2, 0.25) is 0 Å². The maximum absolute atomic E-state index is 13.7. The van der Waals surface area contributed by atoms with Gasteiger partial charge in [-0.15, -0.1) is 11.3 Å². The number of thiophene rings is 1. The lowest BCUT2D eigenvalue weighted by Gasteiger charge is -2.18. The van der Waals surface area contributed by atoms with Crippen molar-refractivity contribution in [2.45, 2.75) is 13.8 Å². The lowest BCUT2D eigenvalue weighted by molar-refractivity contribution is -0.119. The molecule has 0 aliphatic carbocycles. The van der Waals surface area contributed by atoms with Crippen LogP contribution in [0.15, 0.2) is 48.5 Å². The fourth-order valence-corrected chi connectivity index (χ4v) is 3.88. The minimum Gasteiger partial charge on any atom is -0.451 e. The van der Waals surface area contributed by atoms with Crippen LogP contribution in [0.25, 0.3) is 10.1 Å². The van der Waals surface area contributed by atoms with Crippen molar-refractivity contribution in [1.29, 1.82) is 0 Å². The number of hydrogen-bond acceptors (Lipinski definition) is 5. The molecule has 0 unspecified atom stereocenters. The molecule has 6 nitrogen and oxygen atoms in total. The van der Waals surface area contributed by atoms with Crippen LogP contribution in [-0.2, 0) is 9.53 Å². The number of carbonyl (C=O) groups excluding carboxylic acids is 3. The molecule has 2 aromatic carbocycles. The number of nitrogens with one attached hydrogen (secondary N) is 1. The number of nitrogens with zero attached hydrogens (tertiary/aromatic N) is 1. The molecule has 8 heteroatoms. The first-order valence-electron chi connectivity index (χ1n) is 9.47. The van der Waals surface area contributed by atoms with Crippen molar-refractivity contribution in [3.05, 3.63) is 64.8 Å². The van der Waals surface area contributed by atoms with Gasteiger partial charge in [0.2, 0.25) is 0 Å². The average molecular weight is 428 g/mol. The van der Waals surface area contributed by atoms with Crippen LogP contribution >= 0.6 is 11.3 Å². The molecular formula is C22H21FN2O4S. The predicted octanol–water partition coefficient (Wildman–Crippen LogP) is 4.32. The number of halogens is 1. The smallest absolute Gasteiger partial charge is 0.348 e. The lowest BCUT2D eigenvalue weighted by atomic mass is 10.2. The zero-order chi connectivity index (χ0) is 21.7. The SMILES string of the molecule is CCN(CC)C(=O)c1ccc(NC(=O)COC(=O)c2cc3c(F)cccc3s2)cc1. The molecule has 1 N–H and O–H groups in total. The summed E-state index contributed by atoms with van der Waals surface area (Å²) in [6, 6.07) is 12.5. The predicted molar refractivity (Wildman–Crippen MR) is 114 cm³/mol. The minimum atomic E-state index is -0.689. The van der Waals surface area contributed by atoms with Gasteiger partial charge in [-0.25, -0.2) is 9.18 Å². The van der Waals surface area contributed by atoms with Crippen LogP contribution in [0.1, 0.15) is 33.9 Å². The summed E-state index contributed by atoms with van der Waals surface area (Å²) in [6.45, 7) is 4.58. The highest BCUT2D eigenvalue weighted by molar-refractivity contribution is 7.20. The fourth-order valence-electron chi connectivity index (χ4n) is 2.91. The summed E-state index contributed by atoms with van der Waals surface area (Å²) in [7, 11) is 0. The van der Waals surface area contributed by atoms with Crippen LogP contribution in [-0.4, -0.2) is 42.4 Å². The third-order valence-electron chi connectivity index (χ3n) is 4.51. The zero-order valence-electron chi connectivity index (χ0n) is 16.6. The first kappa shape index (κ1) is 21.4. The van der Waals surface area contributed by atoms with Crippen LogP contribution in [0.4, 0.5) is 10.1 Å². The molecule has 1 heterocycles. The van der Waals surface area contributed by atoms with Gasteiger partial charge in [-0.2, -0.15) is 0 Å². The molecular weight excluding hydrogens is 407 g/mol. The Bertz CT molecular complexity index is 1070. The largest absolute Gasteiger partial charge is 0.451 e. The third kappa shape index (κ3) is 4.83. The molecule has 0 spiro atoms. The van der Waals surface area contributed by atoms with E-state index in [1.807, 2.05) is 13.8 Å². The Morgan fingerprint density at radius 2 is 1.77 bits per heavy atom. The van der Waals surface area contributed by atoms with Crippen molar-refractivity contribution in [3.8, 4) is 0 Å². The first-order valence-corrected chi connectivity index (χ1v) is 10.3. The summed E-state index contributed by atoms with van der Waals surface area (Å²) in [5.41, 5.74) is 1.01. The molecule has 0 saturated heterocycles. The monoisotopic (exact) mass is 428 g/mol. The molecule has 3 rings (SSSR count). The fraction of sp³-hybridized carbons (Fsp3) is 0.227. The van der Waals surface area contributed by atoms with Gasteiger partial charge in [0.25, 0.3) is 11.8 Å². The second-order valence-electron chi connectivity index (χ2n) is 6.44. The zero-order valence-corrected chi connectivity index (χ0v) is 17.4. The quantitative estimate of drug-likeness (QED) is 0.569. The standard InChI is InChI=1S/C22H21FN2O4S/c1-3-25(4-2)21(27)14-8-10-15(11-9-14)24-20(26)13-29-22(28)19-12-16-17(23)6-5-7-18(16)30-19/h5-12H,3-4,13H2,1-2H3,(H,24,26). The van der Waals surface area contributed by atoms with Crippen LogP contribution in [0, 0.1) is 5.82 Å². The van der Waals surface area contributed by atoms with Gasteiger partial charge in [0.05, 0.1) is 0 Å². The molecule has 0 atom stereocenters. The summed E-state index contributed by atoms with van der Waals surface area (Å²) in [5.74, 6) is -1.69. The Morgan fingerprint density at radius 3 is 2.40 bits per heavy atom. The molecule has 0 bridgehead atoms. The van der Waals surface area contributed by atoms with E-state index < -0.39 is 24.3 Å². The Balaban J connectivity index is 1.55. The van der Waals surface area contributed by atoms with E-state index >= 15 is 0 Å². The van der Waals surface area contributed by atoms with E-state index in [-0.39, 0.29) is 10.8 Å². The Kier molecular flexibility index (Phi) is 6.79. The van der Waals surface area contributed by atoms with Gasteiger partial charge in [-0.05, 0) is 56.3 Å². The number of carbonyl (C=O) groups is 3. The Hall–Kier alpha value is -3.26. The number of fused-ring (bicyclic) bond motifs is 1. The topological polar surface area (TPSA) is 75.7 Å². The summed E-state index contributed by atoms with van der Waals surface area (Å²) in [5, 5.41) is 2.96. The summed E-state index contributed by atoms with van der Waals surface area (Å²) < 4.78 is 19.4. The molecule has 0 aliphatic heterocycles. The summed E-state index contributed by atoms with van der Waals surface area (Å²) >= 11 is 1.10. The van der Waals surface area contributed by atoms with E-state index in [1.54, 1.807) is 41.3 Å². The van der Waals surface area contributed by atoms with Crippen molar-refractivity contribution >= 4 is 44.9 Å². The normalized spacial score (nSPS) is 10.6. The Labute approximate surface area is 177 Å². The third-order valence-corrected chi connectivity index (χ3v) is 5.59. The maximum atomic E-state index is 13.7. The van der Waals surface area contributed by atoms with Crippen molar-refractivity contribution in [1.82, 2.24) is 4.90 Å². The molecule has 30 heavy (non-hydrogen) atoms. The molecule has 0 fully saturated rings. The van der Waals surface area contributed by atoms with Crippen molar-refractivity contribution in [2.24, 2.45) is 0 Å². The van der Waals surface area contributed by atoms with E-state index in [0.717, 1.165) is 11.3 Å². The van der Waals surface area contributed by atoms with Gasteiger partial charge in [0.1, 0.15) is 10.7 Å². The average Bonchev–Trinajstić information content (AvgIpc) is 3.19. The second-order valence-corrected chi connectivity index (χ2v) is 7.53. The number of amides is 2. The van der Waals surface area contributed by atoms with Crippen LogP contribution < -0.4 is 5.32 Å². The van der Waals surface area contributed by atoms with Gasteiger partial charge >= 0.3 is 5.97 Å². The highest BCUT2D eigenvalue weighted by Gasteiger charge is 2.16. The second kappa shape index (κ2) is 9.49. The van der Waals surface area contributed by atoms with Gasteiger partial charge in [0, 0.05) is 34.4 Å². The number of ether oxygens (including phenoxy) is 1. The lowest BCUT2D eigenvalue weighted by Crippen LogP contribution is -2.30. The van der Waals surface area contributed by atoms with E-state index in [2.05, 4.69) is 5.32 Å². The number of anilines is 1. The van der Waals surface area contributed by atoms with E-state index in [0.29, 0.717) is 34.4 Å². The van der Waals surface area contributed by atoms with E-state index in [9.17, 15) is 18.8 Å². The highest BCUT2D eigenvalue weighted by atomic mass is 32.1. The molecule has 3 aromatic rings. The summed E-state index contributed by atoms with van der Waals surface area (Å²) in [4.78, 5) is 38.5. The van der Waals surface area contributed by atoms with Gasteiger partial charge in [-0.1, -0.05) is 6.07 Å². The molecule has 0 saturated carbocycles. The van der Waals surface area contributed by atoms with Crippen LogP contribution in [0.3, 0.4) is 0 Å². The van der Waals surface area contributed by atoms with Crippen molar-refractivity contribution < 1.29 is 23.5 Å². The van der Waals surface area contributed by atoms with Crippen molar-refractivity contribution in [2.75, 3.05) is 25.0 Å². The van der Waals surface area contributed by atoms with Gasteiger partial charge in [-0.3, -0.25) is 9.59 Å². The van der Waals surface area contributed by atoms with Gasteiger partial charge in [0.15, 0.2) is 6.61 Å². The molecule has 0 radical (unpaired) electrons. The van der Waals surface area contributed by atoms with E-state index in [1.165, 1.54) is 12.1 Å². The molecule has 2 amide bonds. The number of hydrogen-bond donors (Lipinski definition) is 1. The molecule has 156 valence electrons. The number of rotatable bonds is 7. The number of esters is 1. The molecule has 0 aliphatic rings. The minimum absolute atomic E-state index is 0.0772. The summed E-state index contributed by atoms with van der Waals surface area (Å²) in [6.07, 6.45) is 0. The van der Waals surface area contributed by atoms with Gasteiger partial charge < -0.3 is 15.0 Å². The maximum Gasteiger partial charge on any atom is 0.348 e. The van der Waals surface area contributed by atoms with Crippen molar-refractivity contribution in [3.63, 3.8) is 0 Å². The highest BCUT2D eigenvalue weighted by Crippen LogP contribution is 2.28. The van der Waals surface area contributed by atoms with E-state index in [4.69, 9.17) is 4.74 Å². The van der Waals surface area contributed by atoms with Crippen LogP contribution in [0.5, 0.6) is 0 Å². The molecule has 1 aromatic heterocycles.